The minimum absolute atomic E-state index is 0.135. The fourth-order valence-electron chi connectivity index (χ4n) is 2.26. The van der Waals surface area contributed by atoms with Crippen molar-refractivity contribution in [1.82, 2.24) is 0 Å². The third-order valence-electron chi connectivity index (χ3n) is 3.19. The molecule has 1 N–H and O–H groups in total. The maximum atomic E-state index is 11.0. The lowest BCUT2D eigenvalue weighted by Gasteiger charge is -2.20. The molecule has 4 heteroatoms. The van der Waals surface area contributed by atoms with E-state index < -0.39 is 6.10 Å². The Balaban J connectivity index is 1.91. The number of benzene rings is 1. The second-order valence-electron chi connectivity index (χ2n) is 4.99. The zero-order valence-corrected chi connectivity index (χ0v) is 11.6. The lowest BCUT2D eigenvalue weighted by Crippen LogP contribution is -2.24. The Kier molecular flexibility index (Phi) is 5.32. The molecule has 0 bridgehead atoms. The molecule has 0 fully saturated rings. The second kappa shape index (κ2) is 7.22. The third kappa shape index (κ3) is 4.79. The smallest absolute Gasteiger partial charge is 0.303 e. The Morgan fingerprint density at radius 2 is 2.00 bits per heavy atom. The summed E-state index contributed by atoms with van der Waals surface area (Å²) in [5.41, 5.74) is 1.09. The topological polar surface area (TPSA) is 55.8 Å². The van der Waals surface area contributed by atoms with Crippen LogP contribution in [0.3, 0.4) is 0 Å². The highest BCUT2D eigenvalue weighted by atomic mass is 16.5. The summed E-state index contributed by atoms with van der Waals surface area (Å²) in [6, 6.07) is 9.87. The Labute approximate surface area is 119 Å². The number of aliphatic hydroxyl groups is 1. The summed E-state index contributed by atoms with van der Waals surface area (Å²) in [5, 5.41) is 9.80. The predicted octanol–water partition coefficient (Wildman–Crippen LogP) is 2.21. The number of hydrogen-bond donors (Lipinski definition) is 1. The Hall–Kier alpha value is -1.65. The van der Waals surface area contributed by atoms with Crippen LogP contribution in [0.5, 0.6) is 0 Å². The van der Waals surface area contributed by atoms with E-state index in [-0.39, 0.29) is 18.2 Å². The highest BCUT2D eigenvalue weighted by Gasteiger charge is 2.23. The molecule has 0 radical (unpaired) electrons. The average molecular weight is 276 g/mol. The number of rotatable bonds is 4. The largest absolute Gasteiger partial charge is 0.458 e. The van der Waals surface area contributed by atoms with Crippen LogP contribution in [0, 0.1) is 0 Å². The van der Waals surface area contributed by atoms with Gasteiger partial charge in [0.25, 0.3) is 0 Å². The monoisotopic (exact) mass is 276 g/mol. The van der Waals surface area contributed by atoms with Crippen LogP contribution in [0.15, 0.2) is 42.5 Å². The summed E-state index contributed by atoms with van der Waals surface area (Å²) in [6.45, 7) is 1.88. The van der Waals surface area contributed by atoms with Gasteiger partial charge in [0.1, 0.15) is 6.10 Å². The van der Waals surface area contributed by atoms with E-state index in [1.807, 2.05) is 30.3 Å². The van der Waals surface area contributed by atoms with Crippen LogP contribution in [0.2, 0.25) is 0 Å². The van der Waals surface area contributed by atoms with Gasteiger partial charge < -0.3 is 14.6 Å². The molecule has 0 heterocycles. The van der Waals surface area contributed by atoms with Crippen LogP contribution >= 0.6 is 0 Å². The molecule has 20 heavy (non-hydrogen) atoms. The third-order valence-corrected chi connectivity index (χ3v) is 3.19. The van der Waals surface area contributed by atoms with Gasteiger partial charge in [-0.15, -0.1) is 0 Å². The molecule has 1 aromatic carbocycles. The maximum absolute atomic E-state index is 11.0. The number of aliphatic hydroxyl groups excluding tert-OH is 1. The van der Waals surface area contributed by atoms with E-state index in [0.29, 0.717) is 19.4 Å². The molecule has 0 amide bonds. The Bertz CT molecular complexity index is 455. The van der Waals surface area contributed by atoms with Crippen molar-refractivity contribution in [2.45, 2.75) is 44.7 Å². The molecule has 1 aromatic rings. The number of carbonyl (C=O) groups is 1. The molecule has 4 nitrogen and oxygen atoms in total. The number of esters is 1. The van der Waals surface area contributed by atoms with Gasteiger partial charge in [0, 0.05) is 19.8 Å². The van der Waals surface area contributed by atoms with Gasteiger partial charge in [0.2, 0.25) is 0 Å². The van der Waals surface area contributed by atoms with E-state index in [1.165, 1.54) is 6.92 Å². The van der Waals surface area contributed by atoms with E-state index in [4.69, 9.17) is 9.47 Å². The lowest BCUT2D eigenvalue weighted by atomic mass is 10.1. The van der Waals surface area contributed by atoms with Crippen LogP contribution in [0.4, 0.5) is 0 Å². The summed E-state index contributed by atoms with van der Waals surface area (Å²) >= 11 is 0. The van der Waals surface area contributed by atoms with Gasteiger partial charge in [-0.25, -0.2) is 0 Å². The van der Waals surface area contributed by atoms with Crippen molar-refractivity contribution < 1.29 is 19.4 Å². The van der Waals surface area contributed by atoms with Gasteiger partial charge >= 0.3 is 5.97 Å². The fraction of sp³-hybridized carbons (Fsp3) is 0.438. The number of carbonyl (C=O) groups excluding carboxylic acids is 1. The van der Waals surface area contributed by atoms with Crippen molar-refractivity contribution in [2.75, 3.05) is 0 Å². The first-order valence-corrected chi connectivity index (χ1v) is 6.82. The van der Waals surface area contributed by atoms with Gasteiger partial charge in [-0.3, -0.25) is 4.79 Å². The van der Waals surface area contributed by atoms with Gasteiger partial charge in [-0.1, -0.05) is 36.4 Å². The van der Waals surface area contributed by atoms with Crippen molar-refractivity contribution in [3.05, 3.63) is 48.0 Å². The minimum atomic E-state index is -0.559. The zero-order chi connectivity index (χ0) is 14.4. The lowest BCUT2D eigenvalue weighted by molar-refractivity contribution is -0.145. The van der Waals surface area contributed by atoms with Crippen molar-refractivity contribution in [2.24, 2.45) is 0 Å². The SMILES string of the molecule is CC(=O)O[C@@H]1C=C[C@H](O)C[C@H](OCc2ccccc2)C1. The first-order valence-electron chi connectivity index (χ1n) is 6.82. The van der Waals surface area contributed by atoms with Crippen LogP contribution in [-0.4, -0.2) is 29.4 Å². The van der Waals surface area contributed by atoms with Crippen LogP contribution in [-0.2, 0) is 20.9 Å². The summed E-state index contributed by atoms with van der Waals surface area (Å²) < 4.78 is 11.0. The summed E-state index contributed by atoms with van der Waals surface area (Å²) in [5.74, 6) is -0.321. The normalized spacial score (nSPS) is 26.0. The molecule has 0 aliphatic heterocycles. The predicted molar refractivity (Wildman–Crippen MR) is 75.0 cm³/mol. The average Bonchev–Trinajstić information content (AvgIpc) is 2.59. The molecule has 0 unspecified atom stereocenters. The van der Waals surface area contributed by atoms with Crippen LogP contribution < -0.4 is 0 Å². The molecule has 0 spiro atoms. The molecule has 1 aliphatic carbocycles. The molecule has 0 saturated carbocycles. The molecular formula is C16H20O4. The van der Waals surface area contributed by atoms with Gasteiger partial charge in [-0.2, -0.15) is 0 Å². The Morgan fingerprint density at radius 3 is 2.70 bits per heavy atom. The number of hydrogen-bond acceptors (Lipinski definition) is 4. The van der Waals surface area contributed by atoms with Crippen molar-refractivity contribution in [1.29, 1.82) is 0 Å². The molecule has 1 aliphatic rings. The standard InChI is InChI=1S/C16H20O4/c1-12(17)20-15-8-7-14(18)9-16(10-15)19-11-13-5-3-2-4-6-13/h2-8,14-16,18H,9-11H2,1H3/t14-,15+,16-/m0/s1. The maximum Gasteiger partial charge on any atom is 0.303 e. The van der Waals surface area contributed by atoms with Crippen molar-refractivity contribution >= 4 is 5.97 Å². The molecule has 3 atom stereocenters. The first kappa shape index (κ1) is 14.8. The molecule has 0 saturated heterocycles. The molecule has 0 aromatic heterocycles. The Morgan fingerprint density at radius 1 is 1.25 bits per heavy atom. The fourth-order valence-corrected chi connectivity index (χ4v) is 2.26. The highest BCUT2D eigenvalue weighted by molar-refractivity contribution is 5.66. The minimum Gasteiger partial charge on any atom is -0.458 e. The van der Waals surface area contributed by atoms with Gasteiger partial charge in [0.15, 0.2) is 0 Å². The van der Waals surface area contributed by atoms with E-state index in [0.717, 1.165) is 5.56 Å². The van der Waals surface area contributed by atoms with Crippen LogP contribution in [0.1, 0.15) is 25.3 Å². The van der Waals surface area contributed by atoms with Crippen molar-refractivity contribution in [3.63, 3.8) is 0 Å². The van der Waals surface area contributed by atoms with Crippen molar-refractivity contribution in [3.8, 4) is 0 Å². The van der Waals surface area contributed by atoms with Gasteiger partial charge in [-0.05, 0) is 11.6 Å². The highest BCUT2D eigenvalue weighted by Crippen LogP contribution is 2.20. The van der Waals surface area contributed by atoms with E-state index >= 15 is 0 Å². The van der Waals surface area contributed by atoms with Crippen LogP contribution in [0.25, 0.3) is 0 Å². The number of ether oxygens (including phenoxy) is 2. The summed E-state index contributed by atoms with van der Waals surface area (Å²) in [7, 11) is 0. The second-order valence-corrected chi connectivity index (χ2v) is 4.99. The molecular weight excluding hydrogens is 256 g/mol. The summed E-state index contributed by atoms with van der Waals surface area (Å²) in [4.78, 5) is 11.0. The van der Waals surface area contributed by atoms with Gasteiger partial charge in [0.05, 0.1) is 18.8 Å². The zero-order valence-electron chi connectivity index (χ0n) is 11.6. The van der Waals surface area contributed by atoms with E-state index in [9.17, 15) is 9.90 Å². The quantitative estimate of drug-likeness (QED) is 0.676. The van der Waals surface area contributed by atoms with E-state index in [2.05, 4.69) is 0 Å². The first-order chi connectivity index (χ1) is 9.63. The summed E-state index contributed by atoms with van der Waals surface area (Å²) in [6.07, 6.45) is 3.46. The molecule has 2 rings (SSSR count). The van der Waals surface area contributed by atoms with E-state index in [1.54, 1.807) is 12.2 Å². The molecule has 108 valence electrons.